The summed E-state index contributed by atoms with van der Waals surface area (Å²) in [5.74, 6) is -0.987. The highest BCUT2D eigenvalue weighted by atomic mass is 32.1. The molecular weight excluding hydrogens is 320 g/mol. The first-order chi connectivity index (χ1) is 11.7. The average molecular weight is 336 g/mol. The second-order valence-electron chi connectivity index (χ2n) is 5.22. The molecule has 0 aliphatic carbocycles. The average Bonchev–Trinajstić information content (AvgIpc) is 3.09. The number of nitrogens with zero attached hydrogens (tertiary/aromatic N) is 2. The van der Waals surface area contributed by atoms with E-state index in [1.54, 1.807) is 0 Å². The lowest BCUT2D eigenvalue weighted by atomic mass is 10.1. The fourth-order valence-electron chi connectivity index (χ4n) is 2.28. The largest absolute Gasteiger partial charge is 0.477 e. The fourth-order valence-corrected chi connectivity index (χ4v) is 3.00. The van der Waals surface area contributed by atoms with Gasteiger partial charge in [-0.3, -0.25) is 4.99 Å². The monoisotopic (exact) mass is 336 g/mol. The minimum absolute atomic E-state index is 0.151. The molecule has 24 heavy (non-hydrogen) atoms. The Hall–Kier alpha value is -2.79. The molecule has 0 bridgehead atoms. The quantitative estimate of drug-likeness (QED) is 0.690. The molecule has 3 aromatic rings. The van der Waals surface area contributed by atoms with E-state index in [-0.39, 0.29) is 12.3 Å². The van der Waals surface area contributed by atoms with Crippen LogP contribution in [0.25, 0.3) is 11.3 Å². The van der Waals surface area contributed by atoms with Gasteiger partial charge in [-0.1, -0.05) is 60.7 Å². The molecule has 0 saturated carbocycles. The number of rotatable bonds is 6. The first-order valence-electron chi connectivity index (χ1n) is 7.53. The van der Waals surface area contributed by atoms with E-state index < -0.39 is 5.97 Å². The molecular formula is C19H16N2O2S. The van der Waals surface area contributed by atoms with Gasteiger partial charge in [0.1, 0.15) is 10.7 Å². The highest BCUT2D eigenvalue weighted by Crippen LogP contribution is 2.22. The van der Waals surface area contributed by atoms with Gasteiger partial charge < -0.3 is 5.11 Å². The lowest BCUT2D eigenvalue weighted by Crippen LogP contribution is -2.16. The molecule has 0 aliphatic rings. The lowest BCUT2D eigenvalue weighted by Gasteiger charge is -2.01. The van der Waals surface area contributed by atoms with Crippen molar-refractivity contribution in [1.29, 1.82) is 0 Å². The van der Waals surface area contributed by atoms with Gasteiger partial charge in [0.25, 0.3) is 0 Å². The Balaban J connectivity index is 1.73. The molecule has 0 spiro atoms. The van der Waals surface area contributed by atoms with Gasteiger partial charge in [0.2, 0.25) is 0 Å². The summed E-state index contributed by atoms with van der Waals surface area (Å²) in [6.45, 7) is 0.284. The first-order valence-corrected chi connectivity index (χ1v) is 8.40. The van der Waals surface area contributed by atoms with E-state index in [4.69, 9.17) is 0 Å². The van der Waals surface area contributed by atoms with Crippen LogP contribution in [0.2, 0.25) is 0 Å². The molecule has 5 heteroatoms. The van der Waals surface area contributed by atoms with Crippen molar-refractivity contribution in [2.45, 2.75) is 13.0 Å². The maximum atomic E-state index is 11.4. The Morgan fingerprint density at radius 2 is 1.71 bits per heavy atom. The smallest absolute Gasteiger partial charge is 0.350 e. The number of hydrogen-bond acceptors (Lipinski definition) is 4. The van der Waals surface area contributed by atoms with E-state index in [1.807, 2.05) is 66.0 Å². The maximum Gasteiger partial charge on any atom is 0.350 e. The maximum absolute atomic E-state index is 11.4. The Morgan fingerprint density at radius 1 is 1.04 bits per heavy atom. The molecule has 120 valence electrons. The molecule has 0 aliphatic heterocycles. The Morgan fingerprint density at radius 3 is 2.38 bits per heavy atom. The minimum atomic E-state index is -0.987. The summed E-state index contributed by atoms with van der Waals surface area (Å²) in [7, 11) is 0. The zero-order valence-electron chi connectivity index (χ0n) is 12.9. The SMILES string of the molecule is O=C(O)C(Cc1ccccc1)=NCc1nc(-c2ccccc2)cs1. The minimum Gasteiger partial charge on any atom is -0.477 e. The molecule has 0 atom stereocenters. The number of carboxylic acid groups (broad SMARTS) is 1. The number of hydrogen-bond donors (Lipinski definition) is 1. The highest BCUT2D eigenvalue weighted by Gasteiger charge is 2.11. The van der Waals surface area contributed by atoms with Crippen molar-refractivity contribution >= 4 is 23.0 Å². The van der Waals surface area contributed by atoms with E-state index in [0.29, 0.717) is 6.42 Å². The molecule has 0 amide bonds. The third-order valence-electron chi connectivity index (χ3n) is 3.49. The second kappa shape index (κ2) is 7.66. The molecule has 1 N–H and O–H groups in total. The van der Waals surface area contributed by atoms with E-state index in [1.165, 1.54) is 11.3 Å². The summed E-state index contributed by atoms with van der Waals surface area (Å²) in [6.07, 6.45) is 0.313. The van der Waals surface area contributed by atoms with Crippen LogP contribution < -0.4 is 0 Å². The molecule has 1 aromatic heterocycles. The third kappa shape index (κ3) is 4.14. The number of carboxylic acids is 1. The number of aliphatic imine (C=N–C) groups is 1. The van der Waals surface area contributed by atoms with Crippen LogP contribution in [-0.4, -0.2) is 21.8 Å². The second-order valence-corrected chi connectivity index (χ2v) is 6.17. The number of thiazole rings is 1. The molecule has 3 rings (SSSR count). The van der Waals surface area contributed by atoms with E-state index in [0.717, 1.165) is 21.8 Å². The summed E-state index contributed by atoms with van der Waals surface area (Å²) in [5, 5.41) is 12.1. The summed E-state index contributed by atoms with van der Waals surface area (Å²) in [5.41, 5.74) is 3.03. The zero-order chi connectivity index (χ0) is 16.8. The standard InChI is InChI=1S/C19H16N2O2S/c22-19(23)16(11-14-7-3-1-4-8-14)20-12-18-21-17(13-24-18)15-9-5-2-6-10-15/h1-10,13H,11-12H2,(H,22,23). The summed E-state index contributed by atoms with van der Waals surface area (Å²) >= 11 is 1.49. The van der Waals surface area contributed by atoms with Gasteiger partial charge in [0.05, 0.1) is 12.2 Å². The molecule has 0 radical (unpaired) electrons. The predicted octanol–water partition coefficient (Wildman–Crippen LogP) is 4.08. The van der Waals surface area contributed by atoms with Crippen LogP contribution in [0, 0.1) is 0 Å². The lowest BCUT2D eigenvalue weighted by molar-refractivity contribution is -0.129. The topological polar surface area (TPSA) is 62.5 Å². The molecule has 4 nitrogen and oxygen atoms in total. The summed E-state index contributed by atoms with van der Waals surface area (Å²) < 4.78 is 0. The highest BCUT2D eigenvalue weighted by molar-refractivity contribution is 7.09. The van der Waals surface area contributed by atoms with Crippen LogP contribution in [0.5, 0.6) is 0 Å². The third-order valence-corrected chi connectivity index (χ3v) is 4.32. The predicted molar refractivity (Wildman–Crippen MR) is 96.5 cm³/mol. The van der Waals surface area contributed by atoms with Crippen LogP contribution in [0.15, 0.2) is 71.0 Å². The molecule has 1 heterocycles. The molecule has 0 unspecified atom stereocenters. The van der Waals surface area contributed by atoms with Gasteiger partial charge in [-0.05, 0) is 5.56 Å². The van der Waals surface area contributed by atoms with E-state index in [9.17, 15) is 9.90 Å². The Kier molecular flexibility index (Phi) is 5.13. The van der Waals surface area contributed by atoms with Crippen molar-refractivity contribution in [2.75, 3.05) is 0 Å². The van der Waals surface area contributed by atoms with Crippen LogP contribution in [-0.2, 0) is 17.8 Å². The van der Waals surface area contributed by atoms with Crippen molar-refractivity contribution in [3.05, 3.63) is 76.6 Å². The number of carbonyl (C=O) groups is 1. The fraction of sp³-hybridized carbons (Fsp3) is 0.105. The van der Waals surface area contributed by atoms with Crippen molar-refractivity contribution in [3.63, 3.8) is 0 Å². The van der Waals surface area contributed by atoms with Crippen LogP contribution in [0.1, 0.15) is 10.6 Å². The Bertz CT molecular complexity index is 842. The van der Waals surface area contributed by atoms with Crippen molar-refractivity contribution < 1.29 is 9.90 Å². The van der Waals surface area contributed by atoms with Gasteiger partial charge >= 0.3 is 5.97 Å². The summed E-state index contributed by atoms with van der Waals surface area (Å²) in [4.78, 5) is 20.2. The molecule has 2 aromatic carbocycles. The van der Waals surface area contributed by atoms with Crippen LogP contribution in [0.3, 0.4) is 0 Å². The number of aromatic nitrogens is 1. The van der Waals surface area contributed by atoms with Crippen molar-refractivity contribution in [1.82, 2.24) is 4.98 Å². The van der Waals surface area contributed by atoms with Gasteiger partial charge in [-0.15, -0.1) is 11.3 Å². The van der Waals surface area contributed by atoms with Crippen molar-refractivity contribution in [2.24, 2.45) is 4.99 Å². The first kappa shape index (κ1) is 16.1. The van der Waals surface area contributed by atoms with Gasteiger partial charge in [-0.25, -0.2) is 9.78 Å². The normalized spacial score (nSPS) is 11.4. The Labute approximate surface area is 144 Å². The van der Waals surface area contributed by atoms with Gasteiger partial charge in [-0.2, -0.15) is 0 Å². The molecule has 0 saturated heterocycles. The molecule has 0 fully saturated rings. The zero-order valence-corrected chi connectivity index (χ0v) is 13.7. The number of benzene rings is 2. The van der Waals surface area contributed by atoms with E-state index >= 15 is 0 Å². The van der Waals surface area contributed by atoms with Gasteiger partial charge in [0.15, 0.2) is 0 Å². The van der Waals surface area contributed by atoms with Crippen molar-refractivity contribution in [3.8, 4) is 11.3 Å². The summed E-state index contributed by atoms with van der Waals surface area (Å²) in [6, 6.07) is 19.4. The number of aliphatic carboxylic acids is 1. The van der Waals surface area contributed by atoms with Gasteiger partial charge in [0, 0.05) is 17.4 Å². The van der Waals surface area contributed by atoms with Crippen LogP contribution >= 0.6 is 11.3 Å². The van der Waals surface area contributed by atoms with Crippen LogP contribution in [0.4, 0.5) is 0 Å². The van der Waals surface area contributed by atoms with E-state index in [2.05, 4.69) is 9.98 Å².